The second-order valence-corrected chi connectivity index (χ2v) is 5.67. The SMILES string of the molecule is COc1ccc(-c2nc(Nc3cnn(C)c3)ncc2C)cc1C(F)(F)F. The highest BCUT2D eigenvalue weighted by atomic mass is 19.4. The van der Waals surface area contributed by atoms with Crippen LogP contribution in [0.1, 0.15) is 11.1 Å². The lowest BCUT2D eigenvalue weighted by Crippen LogP contribution is -2.08. The van der Waals surface area contributed by atoms with Gasteiger partial charge >= 0.3 is 6.18 Å². The average Bonchev–Trinajstić information content (AvgIpc) is 3.00. The van der Waals surface area contributed by atoms with Crippen LogP contribution < -0.4 is 10.1 Å². The van der Waals surface area contributed by atoms with Gasteiger partial charge in [0.25, 0.3) is 0 Å². The van der Waals surface area contributed by atoms with Crippen LogP contribution in [-0.2, 0) is 13.2 Å². The van der Waals surface area contributed by atoms with E-state index in [2.05, 4.69) is 20.4 Å². The van der Waals surface area contributed by atoms with E-state index >= 15 is 0 Å². The fourth-order valence-electron chi connectivity index (χ4n) is 2.49. The summed E-state index contributed by atoms with van der Waals surface area (Å²) in [5.41, 5.74) is 1.21. The molecule has 0 fully saturated rings. The molecule has 3 aromatic rings. The van der Waals surface area contributed by atoms with Crippen LogP contribution in [0.25, 0.3) is 11.3 Å². The van der Waals surface area contributed by atoms with Crippen molar-refractivity contribution in [2.24, 2.45) is 7.05 Å². The van der Waals surface area contributed by atoms with Crippen molar-refractivity contribution in [3.63, 3.8) is 0 Å². The van der Waals surface area contributed by atoms with Crippen molar-refractivity contribution in [1.29, 1.82) is 0 Å². The number of nitrogens with one attached hydrogen (secondary N) is 1. The quantitative estimate of drug-likeness (QED) is 0.760. The Morgan fingerprint density at radius 1 is 1.19 bits per heavy atom. The van der Waals surface area contributed by atoms with E-state index in [0.717, 1.165) is 6.07 Å². The van der Waals surface area contributed by atoms with Crippen LogP contribution in [0.3, 0.4) is 0 Å². The minimum atomic E-state index is -4.53. The van der Waals surface area contributed by atoms with E-state index in [1.807, 2.05) is 0 Å². The molecule has 0 saturated heterocycles. The number of ether oxygens (including phenoxy) is 1. The molecule has 6 nitrogen and oxygen atoms in total. The van der Waals surface area contributed by atoms with Gasteiger partial charge in [-0.05, 0) is 30.7 Å². The van der Waals surface area contributed by atoms with Gasteiger partial charge in [-0.15, -0.1) is 0 Å². The Morgan fingerprint density at radius 2 is 1.96 bits per heavy atom. The number of hydrogen-bond donors (Lipinski definition) is 1. The Kier molecular flexibility index (Phi) is 4.54. The molecule has 0 aliphatic rings. The van der Waals surface area contributed by atoms with Crippen LogP contribution in [0.2, 0.25) is 0 Å². The molecule has 3 rings (SSSR count). The number of aromatic nitrogens is 4. The van der Waals surface area contributed by atoms with Gasteiger partial charge in [0.2, 0.25) is 5.95 Å². The summed E-state index contributed by atoms with van der Waals surface area (Å²) in [6, 6.07) is 3.85. The van der Waals surface area contributed by atoms with Crippen molar-refractivity contribution in [2.45, 2.75) is 13.1 Å². The number of aryl methyl sites for hydroxylation is 2. The zero-order chi connectivity index (χ0) is 18.9. The summed E-state index contributed by atoms with van der Waals surface area (Å²) < 4.78 is 46.2. The molecule has 9 heteroatoms. The van der Waals surface area contributed by atoms with Crippen molar-refractivity contribution in [3.05, 3.63) is 47.9 Å². The number of alkyl halides is 3. The molecule has 136 valence electrons. The van der Waals surface area contributed by atoms with Gasteiger partial charge < -0.3 is 10.1 Å². The van der Waals surface area contributed by atoms with Gasteiger partial charge in [0.15, 0.2) is 0 Å². The van der Waals surface area contributed by atoms with Gasteiger partial charge in [-0.25, -0.2) is 9.97 Å². The Labute approximate surface area is 147 Å². The lowest BCUT2D eigenvalue weighted by atomic mass is 10.0. The van der Waals surface area contributed by atoms with Crippen molar-refractivity contribution < 1.29 is 17.9 Å². The van der Waals surface area contributed by atoms with E-state index in [9.17, 15) is 13.2 Å². The van der Waals surface area contributed by atoms with Gasteiger partial charge in [-0.1, -0.05) is 0 Å². The van der Waals surface area contributed by atoms with Crippen molar-refractivity contribution >= 4 is 11.6 Å². The second kappa shape index (κ2) is 6.66. The number of nitrogens with zero attached hydrogens (tertiary/aromatic N) is 4. The molecule has 1 aromatic carbocycles. The summed E-state index contributed by atoms with van der Waals surface area (Å²) in [7, 11) is 2.97. The standard InChI is InChI=1S/C17H16F3N5O/c1-10-7-21-16(23-12-8-22-25(2)9-12)24-15(10)11-4-5-14(26-3)13(6-11)17(18,19)20/h4-9H,1-3H3,(H,21,23,24). The molecule has 0 radical (unpaired) electrons. The highest BCUT2D eigenvalue weighted by Crippen LogP contribution is 2.38. The predicted molar refractivity (Wildman–Crippen MR) is 90.2 cm³/mol. The summed E-state index contributed by atoms with van der Waals surface area (Å²) >= 11 is 0. The van der Waals surface area contributed by atoms with Crippen LogP contribution in [0, 0.1) is 6.92 Å². The second-order valence-electron chi connectivity index (χ2n) is 5.67. The number of halogens is 3. The van der Waals surface area contributed by atoms with Crippen LogP contribution >= 0.6 is 0 Å². The number of anilines is 2. The summed E-state index contributed by atoms with van der Waals surface area (Å²) in [5, 5.41) is 7.01. The number of benzene rings is 1. The molecule has 26 heavy (non-hydrogen) atoms. The fraction of sp³-hybridized carbons (Fsp3) is 0.235. The Hall–Kier alpha value is -3.10. The molecule has 0 aliphatic heterocycles. The van der Waals surface area contributed by atoms with E-state index in [4.69, 9.17) is 4.74 Å². The van der Waals surface area contributed by atoms with E-state index in [1.54, 1.807) is 37.2 Å². The fourth-order valence-corrected chi connectivity index (χ4v) is 2.49. The summed E-state index contributed by atoms with van der Waals surface area (Å²) in [5.74, 6) is 0.0321. The molecular weight excluding hydrogens is 347 g/mol. The third-order valence-corrected chi connectivity index (χ3v) is 3.71. The lowest BCUT2D eigenvalue weighted by molar-refractivity contribution is -0.138. The number of hydrogen-bond acceptors (Lipinski definition) is 5. The van der Waals surface area contributed by atoms with E-state index < -0.39 is 11.7 Å². The summed E-state index contributed by atoms with van der Waals surface area (Å²) in [6.07, 6.45) is 0.355. The van der Waals surface area contributed by atoms with Gasteiger partial charge in [-0.2, -0.15) is 18.3 Å². The minimum Gasteiger partial charge on any atom is -0.496 e. The minimum absolute atomic E-state index is 0.235. The first-order valence-corrected chi connectivity index (χ1v) is 7.63. The molecule has 0 amide bonds. The summed E-state index contributed by atoms with van der Waals surface area (Å²) in [4.78, 5) is 8.53. The first-order valence-electron chi connectivity index (χ1n) is 7.63. The van der Waals surface area contributed by atoms with Crippen molar-refractivity contribution in [3.8, 4) is 17.0 Å². The molecule has 0 aliphatic carbocycles. The maximum atomic E-state index is 13.3. The lowest BCUT2D eigenvalue weighted by Gasteiger charge is -2.14. The molecule has 2 heterocycles. The normalized spacial score (nSPS) is 11.5. The first-order chi connectivity index (χ1) is 12.3. The zero-order valence-corrected chi connectivity index (χ0v) is 14.3. The maximum Gasteiger partial charge on any atom is 0.419 e. The molecule has 1 N–H and O–H groups in total. The zero-order valence-electron chi connectivity index (χ0n) is 14.3. The topological polar surface area (TPSA) is 64.9 Å². The van der Waals surface area contributed by atoms with Gasteiger partial charge in [0, 0.05) is 25.0 Å². The Bertz CT molecular complexity index is 936. The van der Waals surface area contributed by atoms with E-state index in [1.165, 1.54) is 19.2 Å². The molecular formula is C17H16F3N5O. The Morgan fingerprint density at radius 3 is 2.58 bits per heavy atom. The summed E-state index contributed by atoms with van der Waals surface area (Å²) in [6.45, 7) is 1.74. The highest BCUT2D eigenvalue weighted by Gasteiger charge is 2.34. The average molecular weight is 363 g/mol. The largest absolute Gasteiger partial charge is 0.496 e. The van der Waals surface area contributed by atoms with Crippen LogP contribution in [0.5, 0.6) is 5.75 Å². The monoisotopic (exact) mass is 363 g/mol. The molecule has 0 atom stereocenters. The van der Waals surface area contributed by atoms with Crippen LogP contribution in [0.15, 0.2) is 36.8 Å². The maximum absolute atomic E-state index is 13.3. The molecule has 2 aromatic heterocycles. The van der Waals surface area contributed by atoms with Gasteiger partial charge in [-0.3, -0.25) is 4.68 Å². The smallest absolute Gasteiger partial charge is 0.419 e. The van der Waals surface area contributed by atoms with Gasteiger partial charge in [0.05, 0.1) is 30.3 Å². The Balaban J connectivity index is 2.02. The van der Waals surface area contributed by atoms with Gasteiger partial charge in [0.1, 0.15) is 5.75 Å². The molecule has 0 bridgehead atoms. The molecule has 0 saturated carbocycles. The van der Waals surface area contributed by atoms with Crippen LogP contribution in [0.4, 0.5) is 24.8 Å². The predicted octanol–water partition coefficient (Wildman–Crippen LogP) is 3.96. The van der Waals surface area contributed by atoms with Crippen molar-refractivity contribution in [2.75, 3.05) is 12.4 Å². The van der Waals surface area contributed by atoms with E-state index in [0.29, 0.717) is 22.5 Å². The van der Waals surface area contributed by atoms with Crippen molar-refractivity contribution in [1.82, 2.24) is 19.7 Å². The van der Waals surface area contributed by atoms with Crippen LogP contribution in [-0.4, -0.2) is 26.9 Å². The molecule has 0 spiro atoms. The third kappa shape index (κ3) is 3.61. The number of rotatable bonds is 4. The number of methoxy groups -OCH3 is 1. The van der Waals surface area contributed by atoms with E-state index in [-0.39, 0.29) is 11.7 Å². The highest BCUT2D eigenvalue weighted by molar-refractivity contribution is 5.67. The molecule has 0 unspecified atom stereocenters. The first kappa shape index (κ1) is 17.7. The third-order valence-electron chi connectivity index (χ3n) is 3.71.